The Hall–Kier alpha value is -3.34. The third-order valence-electron chi connectivity index (χ3n) is 3.67. The number of hydrogen-bond acceptors (Lipinski definition) is 4. The van der Waals surface area contributed by atoms with Gasteiger partial charge in [-0.15, -0.1) is 0 Å². The lowest BCUT2D eigenvalue weighted by atomic mass is 10.1. The zero-order valence-corrected chi connectivity index (χ0v) is 12.7. The fourth-order valence-corrected chi connectivity index (χ4v) is 2.48. The lowest BCUT2D eigenvalue weighted by molar-refractivity contribution is -0.127. The fourth-order valence-electron chi connectivity index (χ4n) is 2.48. The number of benzene rings is 3. The van der Waals surface area contributed by atoms with E-state index in [0.717, 1.165) is 10.8 Å². The maximum absolute atomic E-state index is 12.4. The largest absolute Gasteiger partial charge is 0.507 e. The number of carbonyl (C=O) groups is 2. The smallest absolute Gasteiger partial charge is 0.343 e. The highest BCUT2D eigenvalue weighted by Gasteiger charge is 2.24. The summed E-state index contributed by atoms with van der Waals surface area (Å²) in [4.78, 5) is 24.1. The van der Waals surface area contributed by atoms with Crippen LogP contribution in [0, 0.1) is 0 Å². The molecule has 3 aromatic carbocycles. The van der Waals surface area contributed by atoms with Crippen LogP contribution >= 0.6 is 0 Å². The van der Waals surface area contributed by atoms with E-state index in [1.807, 2.05) is 24.3 Å². The highest BCUT2D eigenvalue weighted by atomic mass is 16.5. The van der Waals surface area contributed by atoms with E-state index >= 15 is 0 Å². The molecule has 3 N–H and O–H groups in total. The monoisotopic (exact) mass is 321 g/mol. The molecule has 1 amide bonds. The number of nitrogens with two attached hydrogens (primary N) is 1. The van der Waals surface area contributed by atoms with Crippen molar-refractivity contribution in [3.05, 3.63) is 77.9 Å². The molecule has 5 heteroatoms. The highest BCUT2D eigenvalue weighted by Crippen LogP contribution is 2.27. The Labute approximate surface area is 138 Å². The van der Waals surface area contributed by atoms with Crippen molar-refractivity contribution in [2.45, 2.75) is 6.10 Å². The van der Waals surface area contributed by atoms with Gasteiger partial charge in [-0.1, -0.05) is 54.6 Å². The van der Waals surface area contributed by atoms with Crippen molar-refractivity contribution in [1.29, 1.82) is 0 Å². The quantitative estimate of drug-likeness (QED) is 0.723. The molecule has 0 saturated carbocycles. The van der Waals surface area contributed by atoms with Crippen molar-refractivity contribution in [1.82, 2.24) is 0 Å². The number of aromatic hydroxyl groups is 1. The molecule has 3 aromatic rings. The van der Waals surface area contributed by atoms with Gasteiger partial charge in [0.05, 0.1) is 0 Å². The summed E-state index contributed by atoms with van der Waals surface area (Å²) in [6.45, 7) is 0. The maximum Gasteiger partial charge on any atom is 0.343 e. The van der Waals surface area contributed by atoms with Gasteiger partial charge in [-0.05, 0) is 22.9 Å². The number of rotatable bonds is 4. The third kappa shape index (κ3) is 3.05. The van der Waals surface area contributed by atoms with Crippen LogP contribution in [0.2, 0.25) is 0 Å². The molecule has 0 spiro atoms. The minimum Gasteiger partial charge on any atom is -0.507 e. The fraction of sp³-hybridized carbons (Fsp3) is 0.0526. The lowest BCUT2D eigenvalue weighted by Crippen LogP contribution is -2.26. The molecule has 0 aromatic heterocycles. The molecule has 0 bridgehead atoms. The predicted octanol–water partition coefficient (Wildman–Crippen LogP) is 2.93. The molecule has 3 rings (SSSR count). The van der Waals surface area contributed by atoms with Crippen molar-refractivity contribution >= 4 is 22.6 Å². The number of hydrogen-bond donors (Lipinski definition) is 2. The molecule has 0 radical (unpaired) electrons. The third-order valence-corrected chi connectivity index (χ3v) is 3.67. The second kappa shape index (κ2) is 6.42. The first-order valence-electron chi connectivity index (χ1n) is 7.33. The summed E-state index contributed by atoms with van der Waals surface area (Å²) in [5, 5.41) is 11.7. The van der Waals surface area contributed by atoms with Crippen LogP contribution in [-0.4, -0.2) is 17.0 Å². The lowest BCUT2D eigenvalue weighted by Gasteiger charge is -2.15. The van der Waals surface area contributed by atoms with E-state index in [9.17, 15) is 14.7 Å². The Balaban J connectivity index is 1.93. The van der Waals surface area contributed by atoms with Crippen LogP contribution in [0.5, 0.6) is 5.75 Å². The number of phenolic OH excluding ortho intramolecular Hbond substituents is 1. The number of esters is 1. The SMILES string of the molecule is NC(=O)C(OC(=O)c1cc2ccccc2cc1O)c1ccccc1. The van der Waals surface area contributed by atoms with E-state index in [2.05, 4.69) is 0 Å². The molecule has 5 nitrogen and oxygen atoms in total. The molecule has 0 heterocycles. The average Bonchev–Trinajstić information content (AvgIpc) is 2.59. The summed E-state index contributed by atoms with van der Waals surface area (Å²) in [5.74, 6) is -1.81. The number of carbonyl (C=O) groups excluding carboxylic acids is 2. The van der Waals surface area contributed by atoms with E-state index in [1.54, 1.807) is 30.3 Å². The predicted molar refractivity (Wildman–Crippen MR) is 89.4 cm³/mol. The van der Waals surface area contributed by atoms with Gasteiger partial charge in [0.1, 0.15) is 11.3 Å². The maximum atomic E-state index is 12.4. The van der Waals surface area contributed by atoms with Crippen molar-refractivity contribution in [2.24, 2.45) is 5.73 Å². The minimum absolute atomic E-state index is 0.0177. The van der Waals surface area contributed by atoms with E-state index in [0.29, 0.717) is 5.56 Å². The number of amides is 1. The number of phenols is 1. The molecule has 0 saturated heterocycles. The van der Waals surface area contributed by atoms with Crippen LogP contribution in [-0.2, 0) is 9.53 Å². The van der Waals surface area contributed by atoms with Crippen LogP contribution in [0.1, 0.15) is 22.0 Å². The zero-order valence-electron chi connectivity index (χ0n) is 12.7. The van der Waals surface area contributed by atoms with Crippen LogP contribution in [0.4, 0.5) is 0 Å². The normalized spacial score (nSPS) is 11.8. The summed E-state index contributed by atoms with van der Waals surface area (Å²) >= 11 is 0. The van der Waals surface area contributed by atoms with E-state index < -0.39 is 18.0 Å². The summed E-state index contributed by atoms with van der Waals surface area (Å²) in [6.07, 6.45) is -1.22. The minimum atomic E-state index is -1.22. The molecule has 0 aliphatic rings. The van der Waals surface area contributed by atoms with Gasteiger partial charge in [-0.2, -0.15) is 0 Å². The second-order valence-corrected chi connectivity index (χ2v) is 5.31. The summed E-state index contributed by atoms with van der Waals surface area (Å²) in [6, 6.07) is 18.8. The second-order valence-electron chi connectivity index (χ2n) is 5.31. The standard InChI is InChI=1S/C19H15NO4/c20-18(22)17(12-6-2-1-3-7-12)24-19(23)15-10-13-8-4-5-9-14(13)11-16(15)21/h1-11,17,21H,(H2,20,22). The Kier molecular flexibility index (Phi) is 4.16. The van der Waals surface area contributed by atoms with Gasteiger partial charge in [-0.3, -0.25) is 4.79 Å². The van der Waals surface area contributed by atoms with Gasteiger partial charge >= 0.3 is 5.97 Å². The molecule has 0 aliphatic heterocycles. The van der Waals surface area contributed by atoms with E-state index in [1.165, 1.54) is 12.1 Å². The highest BCUT2D eigenvalue weighted by molar-refractivity contribution is 5.99. The van der Waals surface area contributed by atoms with Gasteiger partial charge in [0.25, 0.3) is 5.91 Å². The first-order chi connectivity index (χ1) is 11.6. The van der Waals surface area contributed by atoms with Crippen LogP contribution < -0.4 is 5.73 Å². The summed E-state index contributed by atoms with van der Waals surface area (Å²) in [7, 11) is 0. The van der Waals surface area contributed by atoms with E-state index in [4.69, 9.17) is 10.5 Å². The van der Waals surface area contributed by atoms with Crippen LogP contribution in [0.25, 0.3) is 10.8 Å². The van der Waals surface area contributed by atoms with Crippen LogP contribution in [0.15, 0.2) is 66.7 Å². The molecule has 120 valence electrons. The van der Waals surface area contributed by atoms with Crippen LogP contribution in [0.3, 0.4) is 0 Å². The molecular weight excluding hydrogens is 306 g/mol. The molecule has 1 atom stereocenters. The van der Waals surface area contributed by atoms with Gasteiger partial charge in [0, 0.05) is 5.56 Å². The first-order valence-corrected chi connectivity index (χ1v) is 7.33. The molecular formula is C19H15NO4. The number of primary amides is 1. The van der Waals surface area contributed by atoms with Gasteiger partial charge in [0.2, 0.25) is 6.10 Å². The molecule has 24 heavy (non-hydrogen) atoms. The first kappa shape index (κ1) is 15.6. The number of fused-ring (bicyclic) bond motifs is 1. The van der Waals surface area contributed by atoms with Crippen molar-refractivity contribution in [2.75, 3.05) is 0 Å². The average molecular weight is 321 g/mol. The van der Waals surface area contributed by atoms with Gasteiger partial charge in [0.15, 0.2) is 0 Å². The summed E-state index contributed by atoms with van der Waals surface area (Å²) < 4.78 is 5.24. The van der Waals surface area contributed by atoms with Gasteiger partial charge in [-0.25, -0.2) is 4.79 Å². The Bertz CT molecular complexity index is 906. The van der Waals surface area contributed by atoms with Gasteiger partial charge < -0.3 is 15.6 Å². The van der Waals surface area contributed by atoms with Crippen molar-refractivity contribution in [3.63, 3.8) is 0 Å². The van der Waals surface area contributed by atoms with Crippen molar-refractivity contribution in [3.8, 4) is 5.75 Å². The Morgan fingerprint density at radius 3 is 2.12 bits per heavy atom. The zero-order chi connectivity index (χ0) is 17.1. The summed E-state index contributed by atoms with van der Waals surface area (Å²) in [5.41, 5.74) is 5.80. The molecule has 1 unspecified atom stereocenters. The van der Waals surface area contributed by atoms with Crippen molar-refractivity contribution < 1.29 is 19.4 Å². The topological polar surface area (TPSA) is 89.6 Å². The number of ether oxygens (including phenoxy) is 1. The van der Waals surface area contributed by atoms with E-state index in [-0.39, 0.29) is 11.3 Å². The molecule has 0 fully saturated rings. The molecule has 0 aliphatic carbocycles. The Morgan fingerprint density at radius 2 is 1.50 bits per heavy atom. The Morgan fingerprint density at radius 1 is 0.917 bits per heavy atom.